The van der Waals surface area contributed by atoms with E-state index in [1.54, 1.807) is 19.1 Å². The molecule has 1 amide bonds. The maximum Gasteiger partial charge on any atom is 0.267 e. The number of carbonyl (C=O) groups excluding carboxylic acids is 1. The third-order valence-electron chi connectivity index (χ3n) is 8.28. The summed E-state index contributed by atoms with van der Waals surface area (Å²) in [5.74, 6) is 0.236. The van der Waals surface area contributed by atoms with E-state index in [0.717, 1.165) is 40.3 Å². The van der Waals surface area contributed by atoms with Crippen LogP contribution >= 0.6 is 11.6 Å². The Labute approximate surface area is 270 Å². The van der Waals surface area contributed by atoms with Crippen molar-refractivity contribution in [1.82, 2.24) is 13.6 Å². The van der Waals surface area contributed by atoms with Crippen molar-refractivity contribution in [2.75, 3.05) is 19.7 Å². The van der Waals surface area contributed by atoms with Gasteiger partial charge in [-0.3, -0.25) is 4.79 Å². The number of benzene rings is 3. The predicted octanol–water partition coefficient (Wildman–Crippen LogP) is 6.23. The molecule has 12 heteroatoms. The number of aromatic nitrogens is 1. The minimum Gasteiger partial charge on any atom is -0.494 e. The Bertz CT molecular complexity index is 1930. The van der Waals surface area contributed by atoms with Crippen LogP contribution in [0.1, 0.15) is 53.4 Å². The zero-order chi connectivity index (χ0) is 32.5. The molecule has 1 atom stereocenters. The summed E-state index contributed by atoms with van der Waals surface area (Å²) in [4.78, 5) is 13.3. The maximum absolute atomic E-state index is 13.5. The molecule has 0 spiro atoms. The molecule has 45 heavy (non-hydrogen) atoms. The number of sulfonamides is 2. The summed E-state index contributed by atoms with van der Waals surface area (Å²) >= 11 is 6.27. The van der Waals surface area contributed by atoms with Crippen molar-refractivity contribution >= 4 is 48.5 Å². The SMILES string of the molecule is Cc1cc(OCCCn2c(C)c(C(=O)NS(=O)(=O)c3ccc(S(=O)(=O)N4CCCC(C)C4)cc3)c3ccccc32)cc(C)c1Cl. The number of rotatable bonds is 10. The number of nitrogens with zero attached hydrogens (tertiary/aromatic N) is 2. The fourth-order valence-electron chi connectivity index (χ4n) is 5.94. The summed E-state index contributed by atoms with van der Waals surface area (Å²) in [5, 5.41) is 1.35. The first-order chi connectivity index (χ1) is 21.3. The Morgan fingerprint density at radius 1 is 0.978 bits per heavy atom. The third kappa shape index (κ3) is 6.91. The Kier molecular flexibility index (Phi) is 9.65. The second-order valence-electron chi connectivity index (χ2n) is 11.7. The molecular weight excluding hydrogens is 634 g/mol. The van der Waals surface area contributed by atoms with Gasteiger partial charge in [-0.1, -0.05) is 36.7 Å². The average Bonchev–Trinajstić information content (AvgIpc) is 3.28. The van der Waals surface area contributed by atoms with Crippen LogP contribution in [0, 0.1) is 26.7 Å². The molecule has 0 bridgehead atoms. The molecule has 0 radical (unpaired) electrons. The topological polar surface area (TPSA) is 115 Å². The van der Waals surface area contributed by atoms with E-state index in [4.69, 9.17) is 16.3 Å². The third-order valence-corrected chi connectivity index (χ3v) is 12.1. The number of amides is 1. The van der Waals surface area contributed by atoms with Gasteiger partial charge in [0.2, 0.25) is 10.0 Å². The predicted molar refractivity (Wildman–Crippen MR) is 176 cm³/mol. The summed E-state index contributed by atoms with van der Waals surface area (Å²) < 4.78 is 64.4. The van der Waals surface area contributed by atoms with Gasteiger partial charge < -0.3 is 9.30 Å². The number of carbonyl (C=O) groups is 1. The van der Waals surface area contributed by atoms with E-state index < -0.39 is 26.0 Å². The van der Waals surface area contributed by atoms with E-state index in [-0.39, 0.29) is 21.3 Å². The molecule has 240 valence electrons. The maximum atomic E-state index is 13.5. The quantitative estimate of drug-likeness (QED) is 0.200. The Morgan fingerprint density at radius 2 is 1.62 bits per heavy atom. The van der Waals surface area contributed by atoms with Crippen LogP contribution < -0.4 is 9.46 Å². The normalized spacial score (nSPS) is 16.2. The van der Waals surface area contributed by atoms with E-state index in [1.807, 2.05) is 49.6 Å². The van der Waals surface area contributed by atoms with Crippen LogP contribution in [0.5, 0.6) is 5.75 Å². The van der Waals surface area contributed by atoms with Crippen molar-refractivity contribution < 1.29 is 26.4 Å². The van der Waals surface area contributed by atoms with Crippen molar-refractivity contribution in [3.05, 3.63) is 88.1 Å². The zero-order valence-corrected chi connectivity index (χ0v) is 28.2. The lowest BCUT2D eigenvalue weighted by Gasteiger charge is -2.30. The fraction of sp³-hybridized carbons (Fsp3) is 0.364. The highest BCUT2D eigenvalue weighted by Gasteiger charge is 2.30. The Morgan fingerprint density at radius 3 is 2.29 bits per heavy atom. The van der Waals surface area contributed by atoms with Crippen molar-refractivity contribution in [1.29, 1.82) is 0 Å². The van der Waals surface area contributed by atoms with E-state index in [0.29, 0.717) is 43.7 Å². The molecule has 5 rings (SSSR count). The molecule has 3 aromatic carbocycles. The van der Waals surface area contributed by atoms with Crippen molar-refractivity contribution in [2.24, 2.45) is 5.92 Å². The van der Waals surface area contributed by atoms with Crippen LogP contribution in [0.25, 0.3) is 10.9 Å². The van der Waals surface area contributed by atoms with Crippen molar-refractivity contribution in [3.8, 4) is 5.75 Å². The largest absolute Gasteiger partial charge is 0.494 e. The van der Waals surface area contributed by atoms with E-state index >= 15 is 0 Å². The van der Waals surface area contributed by atoms with Crippen molar-refractivity contribution in [3.63, 3.8) is 0 Å². The summed E-state index contributed by atoms with van der Waals surface area (Å²) in [5.41, 5.74) is 3.57. The van der Waals surface area contributed by atoms with Crippen LogP contribution in [0.4, 0.5) is 0 Å². The smallest absolute Gasteiger partial charge is 0.267 e. The van der Waals surface area contributed by atoms with Gasteiger partial charge in [-0.15, -0.1) is 0 Å². The highest BCUT2D eigenvalue weighted by molar-refractivity contribution is 7.90. The number of nitrogens with one attached hydrogen (secondary N) is 1. The number of piperidine rings is 1. The van der Waals surface area contributed by atoms with Gasteiger partial charge in [0.05, 0.1) is 22.0 Å². The van der Waals surface area contributed by atoms with Gasteiger partial charge in [0.15, 0.2) is 0 Å². The van der Waals surface area contributed by atoms with E-state index in [1.165, 1.54) is 28.6 Å². The molecule has 1 saturated heterocycles. The Hall–Kier alpha value is -3.38. The highest BCUT2D eigenvalue weighted by atomic mass is 35.5. The number of para-hydroxylation sites is 1. The van der Waals surface area contributed by atoms with Gasteiger partial charge in [0.25, 0.3) is 15.9 Å². The minimum atomic E-state index is -4.29. The van der Waals surface area contributed by atoms with Gasteiger partial charge in [0.1, 0.15) is 5.75 Å². The number of halogens is 1. The first-order valence-corrected chi connectivity index (χ1v) is 18.2. The lowest BCUT2D eigenvalue weighted by atomic mass is 10.0. The van der Waals surface area contributed by atoms with Crippen LogP contribution in [0.15, 0.2) is 70.5 Å². The average molecular weight is 672 g/mol. The number of hydrogen-bond acceptors (Lipinski definition) is 6. The van der Waals surface area contributed by atoms with Crippen LogP contribution in [0.3, 0.4) is 0 Å². The van der Waals surface area contributed by atoms with Gasteiger partial charge in [0, 0.05) is 41.3 Å². The lowest BCUT2D eigenvalue weighted by Crippen LogP contribution is -2.39. The van der Waals surface area contributed by atoms with Crippen LogP contribution in [-0.2, 0) is 26.6 Å². The number of fused-ring (bicyclic) bond motifs is 1. The van der Waals surface area contributed by atoms with Crippen LogP contribution in [-0.4, -0.2) is 51.3 Å². The summed E-state index contributed by atoms with van der Waals surface area (Å²) in [7, 11) is -8.04. The monoisotopic (exact) mass is 671 g/mol. The number of ether oxygens (including phenoxy) is 1. The van der Waals surface area contributed by atoms with Gasteiger partial charge >= 0.3 is 0 Å². The van der Waals surface area contributed by atoms with E-state index in [2.05, 4.69) is 4.72 Å². The lowest BCUT2D eigenvalue weighted by molar-refractivity contribution is 0.0982. The second-order valence-corrected chi connectivity index (χ2v) is 15.7. The van der Waals surface area contributed by atoms with Crippen LogP contribution in [0.2, 0.25) is 5.02 Å². The molecule has 1 unspecified atom stereocenters. The molecule has 2 heterocycles. The molecular formula is C33H38ClN3O6S2. The standard InChI is InChI=1S/C33H38ClN3O6S2/c1-22-9-7-16-36(21-22)45(41,42)28-14-12-27(13-15-28)44(39,40)35-33(38)31-25(4)37(30-11-6-5-10-29(30)31)17-8-18-43-26-19-23(2)32(34)24(3)20-26/h5-6,10-15,19-20,22H,7-9,16-18,21H2,1-4H3,(H,35,38). The molecule has 1 aromatic heterocycles. The molecule has 0 aliphatic carbocycles. The molecule has 1 N–H and O–H groups in total. The van der Waals surface area contributed by atoms with Gasteiger partial charge in [-0.05, 0) is 99.5 Å². The molecule has 4 aromatic rings. The fourth-order valence-corrected chi connectivity index (χ4v) is 8.61. The van der Waals surface area contributed by atoms with Gasteiger partial charge in [-0.2, -0.15) is 4.31 Å². The molecule has 0 saturated carbocycles. The van der Waals surface area contributed by atoms with Crippen molar-refractivity contribution in [2.45, 2.75) is 63.3 Å². The molecule has 1 fully saturated rings. The summed E-state index contributed by atoms with van der Waals surface area (Å²) in [6.45, 7) is 9.51. The van der Waals surface area contributed by atoms with E-state index in [9.17, 15) is 21.6 Å². The first kappa shape index (κ1) is 33.0. The highest BCUT2D eigenvalue weighted by Crippen LogP contribution is 2.29. The molecule has 9 nitrogen and oxygen atoms in total. The number of aryl methyl sites for hydroxylation is 3. The first-order valence-electron chi connectivity index (χ1n) is 14.9. The summed E-state index contributed by atoms with van der Waals surface area (Å²) in [6.07, 6.45) is 2.40. The molecule has 1 aliphatic rings. The Balaban J connectivity index is 1.31. The molecule has 1 aliphatic heterocycles. The summed E-state index contributed by atoms with van der Waals surface area (Å²) in [6, 6.07) is 16.1. The minimum absolute atomic E-state index is 0.0195. The zero-order valence-electron chi connectivity index (χ0n) is 25.8. The second kappa shape index (κ2) is 13.2. The number of hydrogen-bond donors (Lipinski definition) is 1. The van der Waals surface area contributed by atoms with Gasteiger partial charge in [-0.25, -0.2) is 21.6 Å².